The van der Waals surface area contributed by atoms with Gasteiger partial charge in [0.1, 0.15) is 5.82 Å². The summed E-state index contributed by atoms with van der Waals surface area (Å²) in [7, 11) is 2.00. The second kappa shape index (κ2) is 9.13. The van der Waals surface area contributed by atoms with E-state index in [4.69, 9.17) is 0 Å². The normalized spacial score (nSPS) is 10.7. The minimum Gasteiger partial charge on any atom is -0.359 e. The van der Waals surface area contributed by atoms with E-state index in [1.807, 2.05) is 55.6 Å². The molecule has 0 radical (unpaired) electrons. The molecule has 5 nitrogen and oxygen atoms in total. The summed E-state index contributed by atoms with van der Waals surface area (Å²) in [5.74, 6) is 1.03. The van der Waals surface area contributed by atoms with Gasteiger partial charge in [0, 0.05) is 37.9 Å². The zero-order valence-corrected chi connectivity index (χ0v) is 16.6. The summed E-state index contributed by atoms with van der Waals surface area (Å²) >= 11 is 0. The van der Waals surface area contributed by atoms with Gasteiger partial charge in [0.25, 0.3) is 5.91 Å². The molecule has 0 spiro atoms. The van der Waals surface area contributed by atoms with Gasteiger partial charge < -0.3 is 10.2 Å². The van der Waals surface area contributed by atoms with Crippen molar-refractivity contribution < 1.29 is 4.79 Å². The molecule has 0 atom stereocenters. The molecule has 0 saturated heterocycles. The zero-order valence-electron chi connectivity index (χ0n) is 16.6. The highest BCUT2D eigenvalue weighted by Gasteiger charge is 2.12. The number of para-hydroxylation sites is 1. The number of nitrogens with zero attached hydrogens (tertiary/aromatic N) is 3. The van der Waals surface area contributed by atoms with E-state index in [0.29, 0.717) is 11.5 Å². The van der Waals surface area contributed by atoms with Crippen LogP contribution in [0.5, 0.6) is 0 Å². The first-order valence-electron chi connectivity index (χ1n) is 9.51. The standard InChI is InChI=1S/C23H26N4O/c1-17(2)20-6-4-5-7-21(20)26-23(28)19-8-9-22(25-16-19)27(3)15-12-18-10-13-24-14-11-18/h4-11,13-14,16-17H,12,15H2,1-3H3,(H,26,28). The number of likely N-dealkylation sites (N-methyl/N-ethyl adjacent to an activating group) is 1. The van der Waals surface area contributed by atoms with E-state index < -0.39 is 0 Å². The average Bonchev–Trinajstić information content (AvgIpc) is 2.73. The summed E-state index contributed by atoms with van der Waals surface area (Å²) in [5, 5.41) is 3.01. The molecule has 144 valence electrons. The van der Waals surface area contributed by atoms with E-state index in [-0.39, 0.29) is 5.91 Å². The van der Waals surface area contributed by atoms with Crippen molar-refractivity contribution in [2.45, 2.75) is 26.2 Å². The van der Waals surface area contributed by atoms with Gasteiger partial charge >= 0.3 is 0 Å². The quantitative estimate of drug-likeness (QED) is 0.660. The third-order valence-corrected chi connectivity index (χ3v) is 4.72. The fraction of sp³-hybridized carbons (Fsp3) is 0.261. The molecular weight excluding hydrogens is 348 g/mol. The van der Waals surface area contributed by atoms with E-state index in [1.54, 1.807) is 18.6 Å². The minimum atomic E-state index is -0.147. The predicted octanol–water partition coefficient (Wildman–Crippen LogP) is 4.53. The monoisotopic (exact) mass is 374 g/mol. The van der Waals surface area contributed by atoms with E-state index in [2.05, 4.69) is 34.0 Å². The fourth-order valence-corrected chi connectivity index (χ4v) is 3.02. The predicted molar refractivity (Wildman–Crippen MR) is 114 cm³/mol. The smallest absolute Gasteiger partial charge is 0.257 e. The number of pyridine rings is 2. The molecule has 1 aromatic carbocycles. The molecular formula is C23H26N4O. The van der Waals surface area contributed by atoms with Gasteiger partial charge in [-0.05, 0) is 53.8 Å². The van der Waals surface area contributed by atoms with Crippen LogP contribution in [-0.2, 0) is 6.42 Å². The van der Waals surface area contributed by atoms with Gasteiger partial charge in [0.2, 0.25) is 0 Å². The fourth-order valence-electron chi connectivity index (χ4n) is 3.02. The molecule has 0 saturated carbocycles. The number of nitrogens with one attached hydrogen (secondary N) is 1. The Balaban J connectivity index is 1.63. The first-order valence-corrected chi connectivity index (χ1v) is 9.51. The third kappa shape index (κ3) is 4.94. The molecule has 3 aromatic rings. The van der Waals surface area contributed by atoms with Crippen molar-refractivity contribution in [3.8, 4) is 0 Å². The minimum absolute atomic E-state index is 0.147. The number of anilines is 2. The van der Waals surface area contributed by atoms with Crippen LogP contribution in [0.15, 0.2) is 67.1 Å². The maximum atomic E-state index is 12.6. The van der Waals surface area contributed by atoms with Gasteiger partial charge in [0.05, 0.1) is 5.56 Å². The molecule has 1 N–H and O–H groups in total. The molecule has 0 aliphatic rings. The van der Waals surface area contributed by atoms with Crippen LogP contribution in [0.4, 0.5) is 11.5 Å². The lowest BCUT2D eigenvalue weighted by molar-refractivity contribution is 0.102. The summed E-state index contributed by atoms with van der Waals surface area (Å²) in [6.07, 6.45) is 6.15. The summed E-state index contributed by atoms with van der Waals surface area (Å²) in [5.41, 5.74) is 3.75. The first kappa shape index (κ1) is 19.5. The van der Waals surface area contributed by atoms with Crippen LogP contribution >= 0.6 is 0 Å². The van der Waals surface area contributed by atoms with Crippen LogP contribution in [0.25, 0.3) is 0 Å². The summed E-state index contributed by atoms with van der Waals surface area (Å²) in [6, 6.07) is 15.6. The van der Waals surface area contributed by atoms with Crippen LogP contribution in [0.2, 0.25) is 0 Å². The lowest BCUT2D eigenvalue weighted by Gasteiger charge is -2.18. The average molecular weight is 374 g/mol. The van der Waals surface area contributed by atoms with Gasteiger partial charge in [0.15, 0.2) is 0 Å². The lowest BCUT2D eigenvalue weighted by atomic mass is 10.0. The summed E-state index contributed by atoms with van der Waals surface area (Å²) in [6.45, 7) is 5.07. The van der Waals surface area contributed by atoms with Crippen molar-refractivity contribution in [3.63, 3.8) is 0 Å². The largest absolute Gasteiger partial charge is 0.359 e. The second-order valence-electron chi connectivity index (χ2n) is 7.13. The second-order valence-corrected chi connectivity index (χ2v) is 7.13. The van der Waals surface area contributed by atoms with E-state index in [1.165, 1.54) is 5.56 Å². The molecule has 2 aromatic heterocycles. The van der Waals surface area contributed by atoms with Crippen LogP contribution < -0.4 is 10.2 Å². The summed E-state index contributed by atoms with van der Waals surface area (Å²) in [4.78, 5) is 23.2. The van der Waals surface area contributed by atoms with E-state index in [9.17, 15) is 4.79 Å². The van der Waals surface area contributed by atoms with Crippen LogP contribution in [-0.4, -0.2) is 29.5 Å². The third-order valence-electron chi connectivity index (χ3n) is 4.72. The molecule has 0 bridgehead atoms. The SMILES string of the molecule is CC(C)c1ccccc1NC(=O)c1ccc(N(C)CCc2ccncc2)nc1. The van der Waals surface area contributed by atoms with E-state index in [0.717, 1.165) is 30.0 Å². The number of benzene rings is 1. The Hall–Kier alpha value is -3.21. The molecule has 3 rings (SSSR count). The number of hydrogen-bond acceptors (Lipinski definition) is 4. The molecule has 1 amide bonds. The molecule has 28 heavy (non-hydrogen) atoms. The number of amides is 1. The Labute approximate surface area is 166 Å². The number of rotatable bonds is 7. The van der Waals surface area contributed by atoms with Crippen LogP contribution in [0.1, 0.15) is 41.3 Å². The number of carbonyl (C=O) groups excluding carboxylic acids is 1. The highest BCUT2D eigenvalue weighted by molar-refractivity contribution is 6.04. The van der Waals surface area contributed by atoms with Gasteiger partial charge in [-0.1, -0.05) is 32.0 Å². The highest BCUT2D eigenvalue weighted by atomic mass is 16.1. The highest BCUT2D eigenvalue weighted by Crippen LogP contribution is 2.24. The first-order chi connectivity index (χ1) is 13.5. The number of carbonyl (C=O) groups is 1. The lowest BCUT2D eigenvalue weighted by Crippen LogP contribution is -2.22. The Morgan fingerprint density at radius 1 is 1.07 bits per heavy atom. The molecule has 0 aliphatic heterocycles. The van der Waals surface area contributed by atoms with Crippen LogP contribution in [0, 0.1) is 0 Å². The maximum Gasteiger partial charge on any atom is 0.257 e. The Kier molecular flexibility index (Phi) is 6.37. The van der Waals surface area contributed by atoms with Crippen molar-refractivity contribution in [2.75, 3.05) is 23.8 Å². The van der Waals surface area contributed by atoms with E-state index >= 15 is 0 Å². The Morgan fingerprint density at radius 2 is 1.82 bits per heavy atom. The maximum absolute atomic E-state index is 12.6. The van der Waals surface area contributed by atoms with Crippen molar-refractivity contribution in [2.24, 2.45) is 0 Å². The van der Waals surface area contributed by atoms with Gasteiger partial charge in [-0.3, -0.25) is 9.78 Å². The van der Waals surface area contributed by atoms with Gasteiger partial charge in [-0.25, -0.2) is 4.98 Å². The summed E-state index contributed by atoms with van der Waals surface area (Å²) < 4.78 is 0. The Bertz CT molecular complexity index is 907. The van der Waals surface area contributed by atoms with Crippen LogP contribution in [0.3, 0.4) is 0 Å². The Morgan fingerprint density at radius 3 is 2.50 bits per heavy atom. The molecule has 2 heterocycles. The van der Waals surface area contributed by atoms with Gasteiger partial charge in [-0.2, -0.15) is 0 Å². The number of hydrogen-bond donors (Lipinski definition) is 1. The molecule has 0 aliphatic carbocycles. The zero-order chi connectivity index (χ0) is 19.9. The number of aromatic nitrogens is 2. The van der Waals surface area contributed by atoms with Crippen molar-refractivity contribution >= 4 is 17.4 Å². The molecule has 0 fully saturated rings. The van der Waals surface area contributed by atoms with Gasteiger partial charge in [-0.15, -0.1) is 0 Å². The molecule has 5 heteroatoms. The van der Waals surface area contributed by atoms with Crippen molar-refractivity contribution in [3.05, 3.63) is 83.8 Å². The topological polar surface area (TPSA) is 58.1 Å². The van der Waals surface area contributed by atoms with Crippen molar-refractivity contribution in [1.82, 2.24) is 9.97 Å². The molecule has 0 unspecified atom stereocenters. The van der Waals surface area contributed by atoms with Crippen molar-refractivity contribution in [1.29, 1.82) is 0 Å².